The van der Waals surface area contributed by atoms with Gasteiger partial charge in [-0.15, -0.1) is 0 Å². The average Bonchev–Trinajstić information content (AvgIpc) is 2.57. The monoisotopic (exact) mass is 300 g/mol. The SMILES string of the molecule is C[C@@H]1CCCC[C@@H]1N1CCN(CCCc2ccccc2)CC1. The Morgan fingerprint density at radius 1 is 0.955 bits per heavy atom. The number of piperazine rings is 1. The molecule has 0 N–H and O–H groups in total. The van der Waals surface area contributed by atoms with Crippen LogP contribution in [-0.2, 0) is 6.42 Å². The molecule has 1 aromatic rings. The summed E-state index contributed by atoms with van der Waals surface area (Å²) >= 11 is 0. The van der Waals surface area contributed by atoms with Crippen molar-refractivity contribution in [1.82, 2.24) is 9.80 Å². The molecule has 2 nitrogen and oxygen atoms in total. The molecule has 1 aliphatic carbocycles. The minimum absolute atomic E-state index is 0.875. The summed E-state index contributed by atoms with van der Waals surface area (Å²) in [5.74, 6) is 0.915. The Morgan fingerprint density at radius 3 is 2.41 bits per heavy atom. The van der Waals surface area contributed by atoms with E-state index in [0.29, 0.717) is 0 Å². The highest BCUT2D eigenvalue weighted by molar-refractivity contribution is 5.14. The molecular formula is C20H32N2. The van der Waals surface area contributed by atoms with E-state index in [1.807, 2.05) is 0 Å². The molecule has 3 rings (SSSR count). The van der Waals surface area contributed by atoms with Gasteiger partial charge in [0.2, 0.25) is 0 Å². The normalized spacial score (nSPS) is 27.9. The smallest absolute Gasteiger partial charge is 0.0122 e. The van der Waals surface area contributed by atoms with Crippen LogP contribution in [0.15, 0.2) is 30.3 Å². The summed E-state index contributed by atoms with van der Waals surface area (Å²) in [7, 11) is 0. The second-order valence-electron chi connectivity index (χ2n) is 7.30. The van der Waals surface area contributed by atoms with E-state index >= 15 is 0 Å². The predicted octanol–water partition coefficient (Wildman–Crippen LogP) is 3.82. The Bertz CT molecular complexity index is 423. The van der Waals surface area contributed by atoms with Crippen molar-refractivity contribution in [3.05, 3.63) is 35.9 Å². The van der Waals surface area contributed by atoms with Crippen LogP contribution in [0.5, 0.6) is 0 Å². The van der Waals surface area contributed by atoms with Crippen LogP contribution >= 0.6 is 0 Å². The van der Waals surface area contributed by atoms with Gasteiger partial charge in [0.1, 0.15) is 0 Å². The largest absolute Gasteiger partial charge is 0.301 e. The second kappa shape index (κ2) is 8.12. The third-order valence-corrected chi connectivity index (χ3v) is 5.72. The van der Waals surface area contributed by atoms with Gasteiger partial charge in [-0.3, -0.25) is 4.90 Å². The molecule has 122 valence electrons. The Kier molecular flexibility index (Phi) is 5.91. The van der Waals surface area contributed by atoms with Gasteiger partial charge in [0, 0.05) is 32.2 Å². The van der Waals surface area contributed by atoms with Crippen LogP contribution in [0.3, 0.4) is 0 Å². The Morgan fingerprint density at radius 2 is 1.68 bits per heavy atom. The zero-order chi connectivity index (χ0) is 15.2. The highest BCUT2D eigenvalue weighted by Crippen LogP contribution is 2.28. The molecule has 1 heterocycles. The van der Waals surface area contributed by atoms with Gasteiger partial charge in [0.05, 0.1) is 0 Å². The number of rotatable bonds is 5. The fourth-order valence-corrected chi connectivity index (χ4v) is 4.31. The first kappa shape index (κ1) is 16.0. The van der Waals surface area contributed by atoms with E-state index in [9.17, 15) is 0 Å². The summed E-state index contributed by atoms with van der Waals surface area (Å²) in [6.07, 6.45) is 8.31. The Labute approximate surface area is 136 Å². The molecule has 0 amide bonds. The van der Waals surface area contributed by atoms with Crippen molar-refractivity contribution in [3.8, 4) is 0 Å². The fourth-order valence-electron chi connectivity index (χ4n) is 4.31. The first-order valence-electron chi connectivity index (χ1n) is 9.33. The van der Waals surface area contributed by atoms with Gasteiger partial charge in [-0.05, 0) is 43.7 Å². The van der Waals surface area contributed by atoms with Crippen molar-refractivity contribution in [2.24, 2.45) is 5.92 Å². The molecule has 2 atom stereocenters. The van der Waals surface area contributed by atoms with E-state index in [-0.39, 0.29) is 0 Å². The molecular weight excluding hydrogens is 268 g/mol. The minimum atomic E-state index is 0.875. The first-order chi connectivity index (χ1) is 10.8. The summed E-state index contributed by atoms with van der Waals surface area (Å²) in [6, 6.07) is 11.8. The molecule has 0 unspecified atom stereocenters. The lowest BCUT2D eigenvalue weighted by Gasteiger charge is -2.43. The molecule has 0 aromatic heterocycles. The van der Waals surface area contributed by atoms with Gasteiger partial charge in [-0.25, -0.2) is 0 Å². The van der Waals surface area contributed by atoms with E-state index < -0.39 is 0 Å². The highest BCUT2D eigenvalue weighted by Gasteiger charge is 2.29. The lowest BCUT2D eigenvalue weighted by molar-refractivity contribution is 0.0542. The van der Waals surface area contributed by atoms with Crippen molar-refractivity contribution < 1.29 is 0 Å². The molecule has 1 aliphatic heterocycles. The molecule has 2 heteroatoms. The molecule has 1 saturated carbocycles. The quantitative estimate of drug-likeness (QED) is 0.816. The summed E-state index contributed by atoms with van der Waals surface area (Å²) in [5.41, 5.74) is 1.48. The van der Waals surface area contributed by atoms with Gasteiger partial charge in [0.25, 0.3) is 0 Å². The van der Waals surface area contributed by atoms with Crippen LogP contribution in [0.1, 0.15) is 44.6 Å². The van der Waals surface area contributed by atoms with Crippen LogP contribution in [0.25, 0.3) is 0 Å². The van der Waals surface area contributed by atoms with E-state index in [2.05, 4.69) is 47.1 Å². The highest BCUT2D eigenvalue weighted by atomic mass is 15.3. The lowest BCUT2D eigenvalue weighted by Crippen LogP contribution is -2.52. The number of hydrogen-bond donors (Lipinski definition) is 0. The van der Waals surface area contributed by atoms with E-state index in [1.54, 1.807) is 0 Å². The number of hydrogen-bond acceptors (Lipinski definition) is 2. The molecule has 22 heavy (non-hydrogen) atoms. The van der Waals surface area contributed by atoms with Crippen LogP contribution in [0.2, 0.25) is 0 Å². The van der Waals surface area contributed by atoms with Crippen LogP contribution in [-0.4, -0.2) is 48.6 Å². The van der Waals surface area contributed by atoms with E-state index in [1.165, 1.54) is 76.8 Å². The van der Waals surface area contributed by atoms with Crippen molar-refractivity contribution in [2.45, 2.75) is 51.5 Å². The van der Waals surface area contributed by atoms with Crippen LogP contribution in [0.4, 0.5) is 0 Å². The fraction of sp³-hybridized carbons (Fsp3) is 0.700. The van der Waals surface area contributed by atoms with Gasteiger partial charge in [0.15, 0.2) is 0 Å². The zero-order valence-corrected chi connectivity index (χ0v) is 14.2. The van der Waals surface area contributed by atoms with E-state index in [4.69, 9.17) is 0 Å². The molecule has 2 aliphatic rings. The van der Waals surface area contributed by atoms with E-state index in [0.717, 1.165) is 12.0 Å². The summed E-state index contributed by atoms with van der Waals surface area (Å²) in [5, 5.41) is 0. The molecule has 0 radical (unpaired) electrons. The zero-order valence-electron chi connectivity index (χ0n) is 14.2. The van der Waals surface area contributed by atoms with Gasteiger partial charge < -0.3 is 4.90 Å². The van der Waals surface area contributed by atoms with Gasteiger partial charge in [-0.1, -0.05) is 50.1 Å². The summed E-state index contributed by atoms with van der Waals surface area (Å²) in [6.45, 7) is 8.87. The van der Waals surface area contributed by atoms with Crippen LogP contribution in [0, 0.1) is 5.92 Å². The van der Waals surface area contributed by atoms with Crippen molar-refractivity contribution in [1.29, 1.82) is 0 Å². The number of aryl methyl sites for hydroxylation is 1. The molecule has 0 spiro atoms. The van der Waals surface area contributed by atoms with Crippen LogP contribution < -0.4 is 0 Å². The number of benzene rings is 1. The maximum absolute atomic E-state index is 2.79. The Hall–Kier alpha value is -0.860. The van der Waals surface area contributed by atoms with Gasteiger partial charge in [-0.2, -0.15) is 0 Å². The standard InChI is InChI=1S/C20H32N2/c1-18-8-5-6-12-20(18)22-16-14-21(15-17-22)13-7-11-19-9-3-2-4-10-19/h2-4,9-10,18,20H,5-8,11-17H2,1H3/t18-,20+/m1/s1. The van der Waals surface area contributed by atoms with Crippen molar-refractivity contribution >= 4 is 0 Å². The maximum Gasteiger partial charge on any atom is 0.0122 e. The second-order valence-corrected chi connectivity index (χ2v) is 7.30. The minimum Gasteiger partial charge on any atom is -0.301 e. The molecule has 1 aromatic carbocycles. The maximum atomic E-state index is 2.79. The first-order valence-corrected chi connectivity index (χ1v) is 9.33. The predicted molar refractivity (Wildman–Crippen MR) is 94.2 cm³/mol. The van der Waals surface area contributed by atoms with Crippen molar-refractivity contribution in [3.63, 3.8) is 0 Å². The molecule has 2 fully saturated rings. The number of nitrogens with zero attached hydrogens (tertiary/aromatic N) is 2. The Balaban J connectivity index is 1.36. The van der Waals surface area contributed by atoms with Crippen molar-refractivity contribution in [2.75, 3.05) is 32.7 Å². The summed E-state index contributed by atoms with van der Waals surface area (Å²) < 4.78 is 0. The third kappa shape index (κ3) is 4.33. The molecule has 0 bridgehead atoms. The third-order valence-electron chi connectivity index (χ3n) is 5.72. The topological polar surface area (TPSA) is 6.48 Å². The molecule has 1 saturated heterocycles. The lowest BCUT2D eigenvalue weighted by atomic mass is 9.84. The average molecular weight is 300 g/mol. The summed E-state index contributed by atoms with van der Waals surface area (Å²) in [4.78, 5) is 5.46. The van der Waals surface area contributed by atoms with Gasteiger partial charge >= 0.3 is 0 Å².